The number of anilines is 1. The monoisotopic (exact) mass is 251 g/mol. The molecule has 1 aromatic rings. The largest absolute Gasteiger partial charge is 0.478 e. The summed E-state index contributed by atoms with van der Waals surface area (Å²) in [4.78, 5) is 24.6. The van der Waals surface area contributed by atoms with E-state index in [4.69, 9.17) is 5.11 Å². The maximum atomic E-state index is 11.0. The van der Waals surface area contributed by atoms with E-state index in [-0.39, 0.29) is 17.1 Å². The van der Waals surface area contributed by atoms with Crippen molar-refractivity contribution in [3.8, 4) is 0 Å². The average Bonchev–Trinajstić information content (AvgIpc) is 2.34. The third-order valence-electron chi connectivity index (χ3n) is 2.15. The molecule has 0 aromatic carbocycles. The van der Waals surface area contributed by atoms with Crippen LogP contribution in [0.5, 0.6) is 0 Å². The lowest BCUT2D eigenvalue weighted by molar-refractivity contribution is -0.385. The fraction of sp³-hybridized carbons (Fsp3) is 0.273. The van der Waals surface area contributed by atoms with Gasteiger partial charge in [-0.3, -0.25) is 10.1 Å². The van der Waals surface area contributed by atoms with Crippen molar-refractivity contribution in [3.05, 3.63) is 40.1 Å². The number of aromatic nitrogens is 1. The molecule has 0 fully saturated rings. The van der Waals surface area contributed by atoms with Crippen LogP contribution in [0.3, 0.4) is 0 Å². The average molecular weight is 251 g/mol. The van der Waals surface area contributed by atoms with E-state index < -0.39 is 10.9 Å². The summed E-state index contributed by atoms with van der Waals surface area (Å²) in [7, 11) is 0. The highest BCUT2D eigenvalue weighted by Gasteiger charge is 2.16. The second kappa shape index (κ2) is 6.33. The standard InChI is InChI=1S/C11H13N3O4/c1-2-3-4-5-12-10-9(11(15)16)6-8(7-13-10)14(17)18/h2-3,6-7H,4-5H2,1H3,(H,12,13)(H,15,16)/b3-2+. The van der Waals surface area contributed by atoms with Crippen LogP contribution in [0.2, 0.25) is 0 Å². The normalized spacial score (nSPS) is 10.5. The van der Waals surface area contributed by atoms with E-state index in [1.54, 1.807) is 0 Å². The summed E-state index contributed by atoms with van der Waals surface area (Å²) >= 11 is 0. The Morgan fingerprint density at radius 1 is 1.67 bits per heavy atom. The third-order valence-corrected chi connectivity index (χ3v) is 2.15. The van der Waals surface area contributed by atoms with E-state index in [9.17, 15) is 14.9 Å². The second-order valence-corrected chi connectivity index (χ2v) is 3.44. The lowest BCUT2D eigenvalue weighted by Gasteiger charge is -2.06. The number of hydrogen-bond donors (Lipinski definition) is 2. The van der Waals surface area contributed by atoms with E-state index in [1.807, 2.05) is 19.1 Å². The minimum atomic E-state index is -1.25. The number of allylic oxidation sites excluding steroid dienone is 1. The van der Waals surface area contributed by atoms with Gasteiger partial charge >= 0.3 is 5.97 Å². The van der Waals surface area contributed by atoms with Crippen LogP contribution >= 0.6 is 0 Å². The molecule has 7 nitrogen and oxygen atoms in total. The van der Waals surface area contributed by atoms with E-state index in [1.165, 1.54) is 0 Å². The van der Waals surface area contributed by atoms with Gasteiger partial charge in [-0.15, -0.1) is 0 Å². The Bertz CT molecular complexity index is 485. The number of rotatable bonds is 6. The molecule has 0 unspecified atom stereocenters. The number of nitrogens with one attached hydrogen (secondary N) is 1. The summed E-state index contributed by atoms with van der Waals surface area (Å²) in [6, 6.07) is 0.993. The van der Waals surface area contributed by atoms with Gasteiger partial charge in [-0.05, 0) is 13.3 Å². The topological polar surface area (TPSA) is 105 Å². The van der Waals surface area contributed by atoms with Gasteiger partial charge in [0.05, 0.1) is 4.92 Å². The Balaban J connectivity index is 2.90. The number of carboxylic acids is 1. The van der Waals surface area contributed by atoms with Gasteiger partial charge in [0.1, 0.15) is 17.6 Å². The zero-order valence-corrected chi connectivity index (χ0v) is 9.79. The molecular formula is C11H13N3O4. The predicted octanol–water partition coefficient (Wildman–Crippen LogP) is 2.07. The van der Waals surface area contributed by atoms with Crippen LogP contribution in [0.25, 0.3) is 0 Å². The van der Waals surface area contributed by atoms with Crippen molar-refractivity contribution < 1.29 is 14.8 Å². The van der Waals surface area contributed by atoms with Crippen molar-refractivity contribution in [1.82, 2.24) is 4.98 Å². The van der Waals surface area contributed by atoms with Gasteiger partial charge < -0.3 is 10.4 Å². The highest BCUT2D eigenvalue weighted by molar-refractivity contribution is 5.93. The van der Waals surface area contributed by atoms with Crippen LogP contribution in [0.4, 0.5) is 11.5 Å². The van der Waals surface area contributed by atoms with Crippen molar-refractivity contribution in [2.24, 2.45) is 0 Å². The molecule has 0 bridgehead atoms. The molecule has 0 saturated carbocycles. The molecule has 18 heavy (non-hydrogen) atoms. The van der Waals surface area contributed by atoms with Gasteiger partial charge in [-0.2, -0.15) is 0 Å². The molecule has 0 saturated heterocycles. The number of carbonyl (C=O) groups is 1. The number of carboxylic acid groups (broad SMARTS) is 1. The van der Waals surface area contributed by atoms with Crippen molar-refractivity contribution >= 4 is 17.5 Å². The second-order valence-electron chi connectivity index (χ2n) is 3.44. The van der Waals surface area contributed by atoms with Crippen LogP contribution in [-0.4, -0.2) is 27.5 Å². The van der Waals surface area contributed by atoms with Crippen LogP contribution < -0.4 is 5.32 Å². The maximum absolute atomic E-state index is 11.0. The molecule has 2 N–H and O–H groups in total. The first-order valence-electron chi connectivity index (χ1n) is 5.29. The smallest absolute Gasteiger partial charge is 0.339 e. The van der Waals surface area contributed by atoms with Gasteiger partial charge in [0, 0.05) is 12.6 Å². The molecule has 1 rings (SSSR count). The molecule has 0 radical (unpaired) electrons. The Kier molecular flexibility index (Phi) is 4.79. The van der Waals surface area contributed by atoms with Crippen molar-refractivity contribution in [3.63, 3.8) is 0 Å². The lowest BCUT2D eigenvalue weighted by Crippen LogP contribution is -2.09. The molecule has 7 heteroatoms. The zero-order valence-electron chi connectivity index (χ0n) is 9.79. The highest BCUT2D eigenvalue weighted by atomic mass is 16.6. The number of aromatic carboxylic acids is 1. The predicted molar refractivity (Wildman–Crippen MR) is 65.8 cm³/mol. The quantitative estimate of drug-likeness (QED) is 0.347. The molecule has 0 aliphatic heterocycles. The Hall–Kier alpha value is -2.44. The molecular weight excluding hydrogens is 238 g/mol. The number of nitrogens with zero attached hydrogens (tertiary/aromatic N) is 2. The lowest BCUT2D eigenvalue weighted by atomic mass is 10.2. The first-order chi connectivity index (χ1) is 8.56. The number of nitro groups is 1. The highest BCUT2D eigenvalue weighted by Crippen LogP contribution is 2.19. The minimum absolute atomic E-state index is 0.137. The Labute approximate surface area is 103 Å². The van der Waals surface area contributed by atoms with Gasteiger partial charge in [-0.1, -0.05) is 12.2 Å². The zero-order chi connectivity index (χ0) is 13.5. The van der Waals surface area contributed by atoms with E-state index in [0.717, 1.165) is 12.3 Å². The number of pyridine rings is 1. The van der Waals surface area contributed by atoms with E-state index in [0.29, 0.717) is 13.0 Å². The molecule has 1 heterocycles. The molecule has 0 amide bonds. The van der Waals surface area contributed by atoms with Crippen LogP contribution in [0.15, 0.2) is 24.4 Å². The summed E-state index contributed by atoms with van der Waals surface area (Å²) in [5.74, 6) is -1.11. The van der Waals surface area contributed by atoms with Crippen molar-refractivity contribution in [2.45, 2.75) is 13.3 Å². The molecule has 0 aliphatic carbocycles. The minimum Gasteiger partial charge on any atom is -0.478 e. The van der Waals surface area contributed by atoms with Crippen LogP contribution in [-0.2, 0) is 0 Å². The van der Waals surface area contributed by atoms with Crippen molar-refractivity contribution in [2.75, 3.05) is 11.9 Å². The van der Waals surface area contributed by atoms with Gasteiger partial charge in [-0.25, -0.2) is 9.78 Å². The first-order valence-corrected chi connectivity index (χ1v) is 5.29. The summed E-state index contributed by atoms with van der Waals surface area (Å²) < 4.78 is 0. The molecule has 1 aromatic heterocycles. The molecule has 0 atom stereocenters. The summed E-state index contributed by atoms with van der Waals surface area (Å²) in [5, 5.41) is 22.3. The number of hydrogen-bond acceptors (Lipinski definition) is 5. The molecule has 0 aliphatic rings. The van der Waals surface area contributed by atoms with Gasteiger partial charge in [0.2, 0.25) is 0 Å². The summed E-state index contributed by atoms with van der Waals surface area (Å²) in [6.07, 6.45) is 5.54. The summed E-state index contributed by atoms with van der Waals surface area (Å²) in [6.45, 7) is 2.39. The van der Waals surface area contributed by atoms with Gasteiger partial charge in [0.25, 0.3) is 5.69 Å². The molecule has 96 valence electrons. The fourth-order valence-corrected chi connectivity index (χ4v) is 1.30. The molecule has 0 spiro atoms. The first kappa shape index (κ1) is 13.6. The van der Waals surface area contributed by atoms with Crippen molar-refractivity contribution in [1.29, 1.82) is 0 Å². The SMILES string of the molecule is C/C=C/CCNc1ncc([N+](=O)[O-])cc1C(=O)O. The van der Waals surface area contributed by atoms with E-state index >= 15 is 0 Å². The fourth-order valence-electron chi connectivity index (χ4n) is 1.30. The Morgan fingerprint density at radius 3 is 2.94 bits per heavy atom. The Morgan fingerprint density at radius 2 is 2.39 bits per heavy atom. The maximum Gasteiger partial charge on any atom is 0.339 e. The third kappa shape index (κ3) is 3.55. The van der Waals surface area contributed by atoms with Crippen LogP contribution in [0.1, 0.15) is 23.7 Å². The van der Waals surface area contributed by atoms with Gasteiger partial charge in [0.15, 0.2) is 0 Å². The van der Waals surface area contributed by atoms with Crippen LogP contribution in [0, 0.1) is 10.1 Å². The summed E-state index contributed by atoms with van der Waals surface area (Å²) in [5.41, 5.74) is -0.545. The van der Waals surface area contributed by atoms with E-state index in [2.05, 4.69) is 10.3 Å².